The second-order valence-electron chi connectivity index (χ2n) is 5.96. The van der Waals surface area contributed by atoms with Crippen molar-refractivity contribution < 1.29 is 4.79 Å². The minimum atomic E-state index is -0.208. The first-order chi connectivity index (χ1) is 11.7. The summed E-state index contributed by atoms with van der Waals surface area (Å²) in [6, 6.07) is 9.52. The first-order valence-electron chi connectivity index (χ1n) is 8.01. The standard InChI is InChI=1S/C18H17N3O2S/c22-17(21-9-7-16-12(11-21)8-10-24-16)6-5-15-18(23)20-14-4-2-1-3-13(14)19-15/h1-4,8,10H,5-7,9,11H2,(H,20,23). The molecule has 0 atom stereocenters. The van der Waals surface area contributed by atoms with Gasteiger partial charge in [-0.25, -0.2) is 4.98 Å². The molecule has 24 heavy (non-hydrogen) atoms. The Hall–Kier alpha value is -2.47. The van der Waals surface area contributed by atoms with Gasteiger partial charge in [0, 0.05) is 30.8 Å². The normalized spacial score (nSPS) is 13.9. The third-order valence-corrected chi connectivity index (χ3v) is 5.43. The van der Waals surface area contributed by atoms with Gasteiger partial charge in [0.05, 0.1) is 11.0 Å². The zero-order valence-electron chi connectivity index (χ0n) is 13.1. The largest absolute Gasteiger partial charge is 0.338 e. The van der Waals surface area contributed by atoms with E-state index in [4.69, 9.17) is 0 Å². The number of benzene rings is 1. The fourth-order valence-corrected chi connectivity index (χ4v) is 3.97. The third-order valence-electron chi connectivity index (χ3n) is 4.41. The highest BCUT2D eigenvalue weighted by atomic mass is 32.1. The molecule has 0 aliphatic carbocycles. The number of nitrogens with one attached hydrogen (secondary N) is 1. The Kier molecular flexibility index (Phi) is 3.90. The van der Waals surface area contributed by atoms with Gasteiger partial charge in [-0.15, -0.1) is 11.3 Å². The van der Waals surface area contributed by atoms with Crippen molar-refractivity contribution in [2.75, 3.05) is 6.54 Å². The van der Waals surface area contributed by atoms with Crippen molar-refractivity contribution in [1.82, 2.24) is 14.9 Å². The lowest BCUT2D eigenvalue weighted by Gasteiger charge is -2.27. The first kappa shape index (κ1) is 15.1. The van der Waals surface area contributed by atoms with E-state index in [1.807, 2.05) is 29.2 Å². The van der Waals surface area contributed by atoms with E-state index in [1.165, 1.54) is 10.4 Å². The Labute approximate surface area is 143 Å². The van der Waals surface area contributed by atoms with Gasteiger partial charge < -0.3 is 9.88 Å². The minimum absolute atomic E-state index is 0.0845. The number of aryl methyl sites for hydroxylation is 1. The number of nitrogens with zero attached hydrogens (tertiary/aromatic N) is 2. The molecule has 1 N–H and O–H groups in total. The topological polar surface area (TPSA) is 66.1 Å². The number of para-hydroxylation sites is 2. The number of amides is 1. The fourth-order valence-electron chi connectivity index (χ4n) is 3.08. The van der Waals surface area contributed by atoms with Gasteiger partial charge in [-0.05, 0) is 35.6 Å². The molecule has 3 aromatic rings. The number of fused-ring (bicyclic) bond motifs is 2. The number of aromatic amines is 1. The van der Waals surface area contributed by atoms with E-state index < -0.39 is 0 Å². The van der Waals surface area contributed by atoms with Crippen LogP contribution in [0, 0.1) is 0 Å². The van der Waals surface area contributed by atoms with Crippen molar-refractivity contribution >= 4 is 28.3 Å². The Bertz CT molecular complexity index is 960. The van der Waals surface area contributed by atoms with E-state index in [0.717, 1.165) is 24.0 Å². The van der Waals surface area contributed by atoms with Gasteiger partial charge in [-0.3, -0.25) is 9.59 Å². The molecule has 1 aromatic carbocycles. The molecule has 0 saturated heterocycles. The van der Waals surface area contributed by atoms with E-state index >= 15 is 0 Å². The molecule has 1 aliphatic heterocycles. The van der Waals surface area contributed by atoms with E-state index in [9.17, 15) is 9.59 Å². The molecule has 0 saturated carbocycles. The third kappa shape index (κ3) is 2.85. The van der Waals surface area contributed by atoms with Crippen LogP contribution in [0.2, 0.25) is 0 Å². The number of thiophene rings is 1. The maximum Gasteiger partial charge on any atom is 0.270 e. The monoisotopic (exact) mass is 339 g/mol. The van der Waals surface area contributed by atoms with E-state index in [2.05, 4.69) is 21.4 Å². The zero-order valence-corrected chi connectivity index (χ0v) is 13.9. The van der Waals surface area contributed by atoms with Gasteiger partial charge in [0.25, 0.3) is 5.56 Å². The van der Waals surface area contributed by atoms with Crippen molar-refractivity contribution in [1.29, 1.82) is 0 Å². The zero-order chi connectivity index (χ0) is 16.5. The predicted octanol–water partition coefficient (Wildman–Crippen LogP) is 2.50. The second kappa shape index (κ2) is 6.20. The van der Waals surface area contributed by atoms with Crippen LogP contribution >= 0.6 is 11.3 Å². The first-order valence-corrected chi connectivity index (χ1v) is 8.89. The minimum Gasteiger partial charge on any atom is -0.338 e. The quantitative estimate of drug-likeness (QED) is 0.797. The molecule has 1 amide bonds. The van der Waals surface area contributed by atoms with Crippen LogP contribution in [0.3, 0.4) is 0 Å². The van der Waals surface area contributed by atoms with Crippen molar-refractivity contribution in [2.24, 2.45) is 0 Å². The average Bonchev–Trinajstić information content (AvgIpc) is 3.07. The summed E-state index contributed by atoms with van der Waals surface area (Å²) in [7, 11) is 0. The molecule has 0 unspecified atom stereocenters. The highest BCUT2D eigenvalue weighted by Gasteiger charge is 2.21. The van der Waals surface area contributed by atoms with Crippen LogP contribution in [0.1, 0.15) is 22.6 Å². The molecule has 0 fully saturated rings. The predicted molar refractivity (Wildman–Crippen MR) is 94.1 cm³/mol. The van der Waals surface area contributed by atoms with Crippen molar-refractivity contribution in [3.05, 3.63) is 62.2 Å². The summed E-state index contributed by atoms with van der Waals surface area (Å²) in [6.45, 7) is 1.44. The lowest BCUT2D eigenvalue weighted by atomic mass is 10.1. The van der Waals surface area contributed by atoms with E-state index in [0.29, 0.717) is 25.1 Å². The number of carbonyl (C=O) groups is 1. The molecule has 5 nitrogen and oxygen atoms in total. The fraction of sp³-hybridized carbons (Fsp3) is 0.278. The molecule has 6 heteroatoms. The van der Waals surface area contributed by atoms with Crippen LogP contribution in [0.5, 0.6) is 0 Å². The molecule has 4 rings (SSSR count). The van der Waals surface area contributed by atoms with Crippen LogP contribution in [0.4, 0.5) is 0 Å². The number of hydrogen-bond donors (Lipinski definition) is 1. The lowest BCUT2D eigenvalue weighted by Crippen LogP contribution is -2.35. The summed E-state index contributed by atoms with van der Waals surface area (Å²) >= 11 is 1.76. The molecule has 2 aromatic heterocycles. The summed E-state index contributed by atoms with van der Waals surface area (Å²) in [5.74, 6) is 0.0845. The maximum absolute atomic E-state index is 12.5. The summed E-state index contributed by atoms with van der Waals surface area (Å²) in [4.78, 5) is 35.1. The van der Waals surface area contributed by atoms with Crippen LogP contribution in [-0.4, -0.2) is 27.3 Å². The highest BCUT2D eigenvalue weighted by Crippen LogP contribution is 2.24. The molecule has 0 radical (unpaired) electrons. The van der Waals surface area contributed by atoms with E-state index in [-0.39, 0.29) is 11.5 Å². The molecule has 122 valence electrons. The van der Waals surface area contributed by atoms with Crippen molar-refractivity contribution in [3.8, 4) is 0 Å². The van der Waals surface area contributed by atoms with Gasteiger partial charge >= 0.3 is 0 Å². The van der Waals surface area contributed by atoms with Crippen molar-refractivity contribution in [2.45, 2.75) is 25.8 Å². The van der Waals surface area contributed by atoms with Crippen LogP contribution in [0.25, 0.3) is 11.0 Å². The molecule has 0 spiro atoms. The van der Waals surface area contributed by atoms with Crippen LogP contribution in [0.15, 0.2) is 40.5 Å². The number of carbonyl (C=O) groups excluding carboxylic acids is 1. The van der Waals surface area contributed by atoms with Crippen molar-refractivity contribution in [3.63, 3.8) is 0 Å². The van der Waals surface area contributed by atoms with Crippen LogP contribution < -0.4 is 5.56 Å². The SMILES string of the molecule is O=C(CCc1nc2ccccc2[nH]c1=O)N1CCc2sccc2C1. The second-order valence-corrected chi connectivity index (χ2v) is 6.96. The Morgan fingerprint density at radius 2 is 2.17 bits per heavy atom. The Morgan fingerprint density at radius 1 is 1.29 bits per heavy atom. The number of H-pyrrole nitrogens is 1. The molecule has 1 aliphatic rings. The van der Waals surface area contributed by atoms with Gasteiger partial charge in [0.15, 0.2) is 0 Å². The average molecular weight is 339 g/mol. The van der Waals surface area contributed by atoms with Gasteiger partial charge in [0.2, 0.25) is 5.91 Å². The Morgan fingerprint density at radius 3 is 3.08 bits per heavy atom. The summed E-state index contributed by atoms with van der Waals surface area (Å²) in [5, 5.41) is 2.08. The number of aromatic nitrogens is 2. The molecule has 3 heterocycles. The van der Waals surface area contributed by atoms with Gasteiger partial charge in [0.1, 0.15) is 5.69 Å². The maximum atomic E-state index is 12.5. The molecular formula is C18H17N3O2S. The number of rotatable bonds is 3. The van der Waals surface area contributed by atoms with Crippen LogP contribution in [-0.2, 0) is 24.2 Å². The smallest absolute Gasteiger partial charge is 0.270 e. The van der Waals surface area contributed by atoms with Gasteiger partial charge in [-0.2, -0.15) is 0 Å². The number of hydrogen-bond acceptors (Lipinski definition) is 4. The highest BCUT2D eigenvalue weighted by molar-refractivity contribution is 7.10. The molecular weight excluding hydrogens is 322 g/mol. The summed E-state index contributed by atoms with van der Waals surface area (Å²) in [5.41, 5.74) is 2.94. The Balaban J connectivity index is 1.46. The summed E-state index contributed by atoms with van der Waals surface area (Å²) < 4.78 is 0. The van der Waals surface area contributed by atoms with Gasteiger partial charge in [-0.1, -0.05) is 12.1 Å². The summed E-state index contributed by atoms with van der Waals surface area (Å²) in [6.07, 6.45) is 1.60. The molecule has 0 bridgehead atoms. The van der Waals surface area contributed by atoms with E-state index in [1.54, 1.807) is 11.3 Å². The lowest BCUT2D eigenvalue weighted by molar-refractivity contribution is -0.132.